The van der Waals surface area contributed by atoms with E-state index in [2.05, 4.69) is 11.9 Å². The Kier molecular flexibility index (Phi) is 14.3. The number of benzene rings is 2. The van der Waals surface area contributed by atoms with Crippen LogP contribution in [-0.2, 0) is 30.7 Å². The summed E-state index contributed by atoms with van der Waals surface area (Å²) in [5.74, 6) is 0.241. The van der Waals surface area contributed by atoms with Gasteiger partial charge in [-0.25, -0.2) is 19.6 Å². The Morgan fingerprint density at radius 2 is 1.20 bits per heavy atom. The molecule has 2 aromatic heterocycles. The van der Waals surface area contributed by atoms with Crippen LogP contribution in [0.5, 0.6) is 0 Å². The van der Waals surface area contributed by atoms with Crippen LogP contribution in [0.4, 0.5) is 11.6 Å². The number of hydrogen-bond acceptors (Lipinski definition) is 7. The number of aryl methyl sites for hydroxylation is 2. The van der Waals surface area contributed by atoms with Gasteiger partial charge in [-0.05, 0) is 81.8 Å². The number of carboxylic acid groups (broad SMARTS) is 1. The first kappa shape index (κ1) is 40.5. The number of unbranched alkanes of at least 4 members (excludes halogenated alkanes) is 2. The van der Waals surface area contributed by atoms with Gasteiger partial charge < -0.3 is 19.0 Å². The molecule has 0 fully saturated rings. The SMILES string of the molecule is CCCCN(C(=O)c1cccc(Cl)c1)c1nc2n(c1C(=O)O)CCCC2.CCCCN(C(=O)c1cccc(Cl)c1)c1nc2n(c1C(=O)OCC)CCCC2.[HH]. The van der Waals surface area contributed by atoms with E-state index in [4.69, 9.17) is 32.9 Å². The number of anilines is 2. The summed E-state index contributed by atoms with van der Waals surface area (Å²) in [5.41, 5.74) is 1.38. The predicted octanol–water partition coefficient (Wildman–Crippen LogP) is 8.76. The highest BCUT2D eigenvalue weighted by atomic mass is 35.5. The van der Waals surface area contributed by atoms with Crippen LogP contribution in [0.15, 0.2) is 48.5 Å². The number of rotatable bonds is 13. The third kappa shape index (κ3) is 9.33. The molecule has 6 rings (SSSR count). The smallest absolute Gasteiger partial charge is 0.358 e. The van der Waals surface area contributed by atoms with Crippen LogP contribution >= 0.6 is 23.2 Å². The van der Waals surface area contributed by atoms with E-state index < -0.39 is 11.9 Å². The lowest BCUT2D eigenvalue weighted by Crippen LogP contribution is -2.34. The van der Waals surface area contributed by atoms with Crippen LogP contribution in [-0.4, -0.2) is 67.7 Å². The minimum atomic E-state index is -1.05. The molecule has 54 heavy (non-hydrogen) atoms. The monoisotopic (exact) mass is 780 g/mol. The number of ether oxygens (including phenoxy) is 1. The number of halogens is 2. The number of aromatic nitrogens is 4. The van der Waals surface area contributed by atoms with Crippen molar-refractivity contribution in [3.8, 4) is 0 Å². The zero-order valence-corrected chi connectivity index (χ0v) is 32.7. The number of amides is 2. The van der Waals surface area contributed by atoms with E-state index >= 15 is 0 Å². The second-order valence-corrected chi connectivity index (χ2v) is 14.2. The number of nitrogens with zero attached hydrogens (tertiary/aromatic N) is 6. The van der Waals surface area contributed by atoms with Crippen molar-refractivity contribution in [2.45, 2.75) is 98.1 Å². The summed E-state index contributed by atoms with van der Waals surface area (Å²) in [6.45, 7) is 8.36. The molecule has 2 amide bonds. The molecule has 1 N–H and O–H groups in total. The van der Waals surface area contributed by atoms with Gasteiger partial charge in [-0.1, -0.05) is 62.0 Å². The summed E-state index contributed by atoms with van der Waals surface area (Å²) in [5, 5.41) is 10.7. The second kappa shape index (κ2) is 19.1. The minimum Gasteiger partial charge on any atom is -0.476 e. The minimum absolute atomic E-state index is 0. The topological polar surface area (TPSA) is 140 Å². The van der Waals surface area contributed by atoms with E-state index in [1.807, 2.05) is 11.5 Å². The number of hydrogen-bond donors (Lipinski definition) is 1. The average Bonchev–Trinajstić information content (AvgIpc) is 3.75. The molecule has 2 aliphatic rings. The summed E-state index contributed by atoms with van der Waals surface area (Å²) < 4.78 is 8.95. The Bertz CT molecular complexity index is 1980. The van der Waals surface area contributed by atoms with Crippen molar-refractivity contribution in [1.82, 2.24) is 19.1 Å². The fourth-order valence-corrected chi connectivity index (χ4v) is 7.10. The molecule has 14 heteroatoms. The maximum absolute atomic E-state index is 13.3. The molecule has 2 aliphatic heterocycles. The average molecular weight is 782 g/mol. The van der Waals surface area contributed by atoms with Gasteiger partial charge in [0.15, 0.2) is 23.0 Å². The highest BCUT2D eigenvalue weighted by molar-refractivity contribution is 6.31. The quantitative estimate of drug-likeness (QED) is 0.133. The zero-order chi connectivity index (χ0) is 38.8. The van der Waals surface area contributed by atoms with Gasteiger partial charge in [-0.15, -0.1) is 0 Å². The van der Waals surface area contributed by atoms with Crippen LogP contribution < -0.4 is 9.80 Å². The Balaban J connectivity index is 0.000000241. The summed E-state index contributed by atoms with van der Waals surface area (Å²) in [7, 11) is 0. The zero-order valence-electron chi connectivity index (χ0n) is 31.2. The standard InChI is InChI=1S/C21H26ClN3O3.C19H22ClN3O3.H2/c1-3-5-12-25(20(26)15-9-8-10-16(22)14-15)19-18(21(27)28-4-2)24-13-7-6-11-17(24)23-19;1-2-3-10-23(18(24)13-7-6-8-14(20)12-13)17-16(19(25)26)22-11-5-4-9-15(22)21-17;/h8-10,14H,3-7,11-13H2,1-2H3;6-8,12H,2-5,9-11H2,1H3,(H,25,26);1H. The summed E-state index contributed by atoms with van der Waals surface area (Å²) in [4.78, 5) is 63.5. The Labute approximate surface area is 327 Å². The van der Waals surface area contributed by atoms with Crippen molar-refractivity contribution in [3.05, 3.63) is 92.7 Å². The molecule has 290 valence electrons. The Hall–Kier alpha value is -4.68. The van der Waals surface area contributed by atoms with Gasteiger partial charge in [0, 0.05) is 61.6 Å². The van der Waals surface area contributed by atoms with Gasteiger partial charge in [-0.3, -0.25) is 19.4 Å². The molecular formula is C40H50Cl2N6O6. The van der Waals surface area contributed by atoms with E-state index in [0.717, 1.165) is 75.9 Å². The third-order valence-electron chi connectivity index (χ3n) is 9.41. The Morgan fingerprint density at radius 3 is 1.63 bits per heavy atom. The normalized spacial score (nSPS) is 13.2. The van der Waals surface area contributed by atoms with Crippen molar-refractivity contribution in [3.63, 3.8) is 0 Å². The third-order valence-corrected chi connectivity index (χ3v) is 9.88. The Morgan fingerprint density at radius 1 is 0.741 bits per heavy atom. The van der Waals surface area contributed by atoms with Gasteiger partial charge in [0.2, 0.25) is 0 Å². The highest BCUT2D eigenvalue weighted by Gasteiger charge is 2.33. The molecule has 0 spiro atoms. The summed E-state index contributed by atoms with van der Waals surface area (Å²) >= 11 is 12.1. The number of carboxylic acids is 1. The van der Waals surface area contributed by atoms with E-state index in [1.165, 1.54) is 4.90 Å². The van der Waals surface area contributed by atoms with Crippen molar-refractivity contribution >= 4 is 58.6 Å². The molecule has 4 heterocycles. The maximum Gasteiger partial charge on any atom is 0.358 e. The molecule has 2 aromatic carbocycles. The first-order valence-electron chi connectivity index (χ1n) is 18.8. The second-order valence-electron chi connectivity index (χ2n) is 13.3. The molecule has 0 saturated heterocycles. The predicted molar refractivity (Wildman–Crippen MR) is 211 cm³/mol. The number of esters is 1. The molecule has 4 aromatic rings. The van der Waals surface area contributed by atoms with Crippen LogP contribution in [0.1, 0.15) is 127 Å². The van der Waals surface area contributed by atoms with Crippen molar-refractivity contribution in [1.29, 1.82) is 0 Å². The lowest BCUT2D eigenvalue weighted by Gasteiger charge is -2.22. The lowest BCUT2D eigenvalue weighted by atomic mass is 10.1. The molecule has 0 unspecified atom stereocenters. The van der Waals surface area contributed by atoms with E-state index in [0.29, 0.717) is 58.9 Å². The van der Waals surface area contributed by atoms with Crippen LogP contribution in [0, 0.1) is 0 Å². The first-order valence-corrected chi connectivity index (χ1v) is 19.6. The van der Waals surface area contributed by atoms with Gasteiger partial charge in [-0.2, -0.15) is 0 Å². The first-order chi connectivity index (χ1) is 26.1. The fraction of sp³-hybridized carbons (Fsp3) is 0.450. The molecular weight excluding hydrogens is 731 g/mol. The summed E-state index contributed by atoms with van der Waals surface area (Å²) in [6.07, 6.45) is 8.78. The van der Waals surface area contributed by atoms with Crippen LogP contribution in [0.2, 0.25) is 10.0 Å². The summed E-state index contributed by atoms with van der Waals surface area (Å²) in [6, 6.07) is 13.5. The molecule has 0 radical (unpaired) electrons. The van der Waals surface area contributed by atoms with E-state index in [-0.39, 0.29) is 31.4 Å². The maximum atomic E-state index is 13.3. The highest BCUT2D eigenvalue weighted by Crippen LogP contribution is 2.30. The van der Waals surface area contributed by atoms with Crippen LogP contribution in [0.3, 0.4) is 0 Å². The van der Waals surface area contributed by atoms with Crippen molar-refractivity contribution in [2.75, 3.05) is 29.5 Å². The van der Waals surface area contributed by atoms with Gasteiger partial charge in [0.1, 0.15) is 11.6 Å². The molecule has 12 nitrogen and oxygen atoms in total. The molecule has 0 bridgehead atoms. The number of carbonyl (C=O) groups excluding carboxylic acids is 3. The van der Waals surface area contributed by atoms with E-state index in [9.17, 15) is 24.3 Å². The fourth-order valence-electron chi connectivity index (χ4n) is 6.72. The lowest BCUT2D eigenvalue weighted by molar-refractivity contribution is 0.0512. The van der Waals surface area contributed by atoms with Gasteiger partial charge >= 0.3 is 11.9 Å². The number of carbonyl (C=O) groups is 4. The number of fused-ring (bicyclic) bond motifs is 2. The molecule has 0 aliphatic carbocycles. The number of imidazole rings is 2. The van der Waals surface area contributed by atoms with E-state index in [1.54, 1.807) is 64.9 Å². The van der Waals surface area contributed by atoms with Gasteiger partial charge in [0.25, 0.3) is 11.8 Å². The van der Waals surface area contributed by atoms with Crippen molar-refractivity contribution in [2.24, 2.45) is 0 Å². The molecule has 0 saturated carbocycles. The number of aromatic carboxylic acids is 1. The largest absolute Gasteiger partial charge is 0.476 e. The van der Waals surface area contributed by atoms with Crippen molar-refractivity contribution < 1.29 is 30.4 Å². The molecule has 0 atom stereocenters. The van der Waals surface area contributed by atoms with Gasteiger partial charge in [0.05, 0.1) is 6.61 Å². The van der Waals surface area contributed by atoms with Crippen LogP contribution in [0.25, 0.3) is 0 Å².